The van der Waals surface area contributed by atoms with E-state index in [9.17, 15) is 18.0 Å². The highest BCUT2D eigenvalue weighted by molar-refractivity contribution is 7.13. The number of nitrogens with zero attached hydrogens (tertiary/aromatic N) is 3. The molecule has 0 amide bonds. The first-order chi connectivity index (χ1) is 18.3. The van der Waals surface area contributed by atoms with Crippen LogP contribution in [-0.2, 0) is 17.7 Å². The Morgan fingerprint density at radius 2 is 1.89 bits per heavy atom. The number of halogens is 3. The van der Waals surface area contributed by atoms with Crippen molar-refractivity contribution in [1.82, 2.24) is 14.9 Å². The summed E-state index contributed by atoms with van der Waals surface area (Å²) in [4.78, 5) is 25.5. The average Bonchev–Trinajstić information content (AvgIpc) is 3.32. The number of thiazole rings is 1. The zero-order chi connectivity index (χ0) is 26.5. The van der Waals surface area contributed by atoms with Crippen LogP contribution in [0.15, 0.2) is 36.5 Å². The number of alkyl halides is 3. The summed E-state index contributed by atoms with van der Waals surface area (Å²) in [6, 6.07) is 9.63. The molecule has 0 unspecified atom stereocenters. The minimum atomic E-state index is -4.64. The third-order valence-electron chi connectivity index (χ3n) is 7.60. The molecule has 3 heterocycles. The Balaban J connectivity index is 1.03. The van der Waals surface area contributed by atoms with Crippen molar-refractivity contribution >= 4 is 28.0 Å². The van der Waals surface area contributed by atoms with Crippen LogP contribution in [0.3, 0.4) is 0 Å². The summed E-state index contributed by atoms with van der Waals surface area (Å²) in [5.41, 5.74) is 2.62. The van der Waals surface area contributed by atoms with E-state index in [1.165, 1.54) is 11.3 Å². The van der Waals surface area contributed by atoms with Crippen LogP contribution >= 0.6 is 11.3 Å². The lowest BCUT2D eigenvalue weighted by atomic mass is 9.78. The molecule has 1 aromatic carbocycles. The molecule has 0 saturated heterocycles. The molecule has 3 aromatic rings. The quantitative estimate of drug-likeness (QED) is 0.215. The van der Waals surface area contributed by atoms with Crippen molar-refractivity contribution in [3.8, 4) is 5.19 Å². The first kappa shape index (κ1) is 27.0. The lowest BCUT2D eigenvalue weighted by molar-refractivity contribution is -0.325. The Morgan fingerprint density at radius 1 is 1.08 bits per heavy atom. The fraction of sp³-hybridized carbons (Fsp3) is 0.536. The summed E-state index contributed by atoms with van der Waals surface area (Å²) in [6.07, 6.45) is 4.23. The average molecular weight is 548 g/mol. The molecule has 10 heteroatoms. The second-order valence-corrected chi connectivity index (χ2v) is 11.2. The van der Waals surface area contributed by atoms with Crippen molar-refractivity contribution < 1.29 is 27.4 Å². The molecule has 1 saturated carbocycles. The van der Waals surface area contributed by atoms with Crippen LogP contribution in [0.2, 0.25) is 0 Å². The summed E-state index contributed by atoms with van der Waals surface area (Å²) < 4.78 is 45.4. The van der Waals surface area contributed by atoms with Crippen molar-refractivity contribution in [3.63, 3.8) is 0 Å². The highest BCUT2D eigenvalue weighted by Gasteiger charge is 2.29. The van der Waals surface area contributed by atoms with E-state index in [0.717, 1.165) is 85.2 Å². The molecule has 2 aliphatic rings. The summed E-state index contributed by atoms with van der Waals surface area (Å²) in [7, 11) is 0. The second kappa shape index (κ2) is 12.1. The van der Waals surface area contributed by atoms with Gasteiger partial charge in [-0.05, 0) is 56.2 Å². The van der Waals surface area contributed by atoms with Gasteiger partial charge in [-0.2, -0.15) is 0 Å². The van der Waals surface area contributed by atoms with Gasteiger partial charge in [-0.15, -0.1) is 13.2 Å². The maximum atomic E-state index is 13.1. The van der Waals surface area contributed by atoms with Crippen LogP contribution in [0.5, 0.6) is 5.19 Å². The Labute approximate surface area is 224 Å². The van der Waals surface area contributed by atoms with E-state index in [4.69, 9.17) is 4.74 Å². The lowest BCUT2D eigenvalue weighted by Crippen LogP contribution is -2.32. The Hall–Kier alpha value is -2.56. The first-order valence-electron chi connectivity index (χ1n) is 13.3. The minimum absolute atomic E-state index is 0.178. The van der Waals surface area contributed by atoms with Gasteiger partial charge in [0.2, 0.25) is 0 Å². The molecule has 0 bridgehead atoms. The van der Waals surface area contributed by atoms with Gasteiger partial charge in [-0.1, -0.05) is 42.4 Å². The monoisotopic (exact) mass is 547 g/mol. The molecule has 0 N–H and O–H groups in total. The van der Waals surface area contributed by atoms with Gasteiger partial charge >= 0.3 is 6.36 Å². The molecule has 204 valence electrons. The normalized spacial score (nSPS) is 20.4. The molecule has 1 fully saturated rings. The number of hydrogen-bond donors (Lipinski definition) is 0. The van der Waals surface area contributed by atoms with Crippen molar-refractivity contribution in [1.29, 1.82) is 0 Å². The fourth-order valence-corrected chi connectivity index (χ4v) is 6.51. The predicted molar refractivity (Wildman–Crippen MR) is 139 cm³/mol. The van der Waals surface area contributed by atoms with E-state index < -0.39 is 13.0 Å². The molecule has 1 aliphatic heterocycles. The lowest BCUT2D eigenvalue weighted by Gasteiger charge is -2.31. The molecular weight excluding hydrogens is 515 g/mol. The van der Waals surface area contributed by atoms with Crippen LogP contribution < -0.4 is 4.74 Å². The van der Waals surface area contributed by atoms with E-state index in [0.29, 0.717) is 23.5 Å². The largest absolute Gasteiger partial charge is 0.522 e. The summed E-state index contributed by atoms with van der Waals surface area (Å²) >= 11 is 1.42. The third-order valence-corrected chi connectivity index (χ3v) is 8.67. The summed E-state index contributed by atoms with van der Waals surface area (Å²) in [5, 5.41) is 1.35. The molecule has 0 spiro atoms. The number of Topliss-reactive ketones (excluding diaryl/α,β-unsaturated/α-hetero) is 1. The van der Waals surface area contributed by atoms with E-state index in [1.54, 1.807) is 6.20 Å². The highest BCUT2D eigenvalue weighted by atomic mass is 32.1. The van der Waals surface area contributed by atoms with Crippen molar-refractivity contribution in [2.24, 2.45) is 11.8 Å². The number of fused-ring (bicyclic) bond motifs is 2. The molecule has 2 aromatic heterocycles. The number of aromatic nitrogens is 2. The topological polar surface area (TPSA) is 64.6 Å². The van der Waals surface area contributed by atoms with E-state index in [2.05, 4.69) is 19.6 Å². The number of hydrogen-bond acceptors (Lipinski definition) is 7. The van der Waals surface area contributed by atoms with Crippen LogP contribution in [-0.4, -0.2) is 53.3 Å². The summed E-state index contributed by atoms with van der Waals surface area (Å²) in [6.45, 7) is 1.98. The minimum Gasteiger partial charge on any atom is -0.468 e. The number of rotatable bonds is 10. The number of ketones is 1. The molecule has 1 aliphatic carbocycles. The van der Waals surface area contributed by atoms with Gasteiger partial charge in [0, 0.05) is 41.5 Å². The molecule has 6 nitrogen and oxygen atoms in total. The zero-order valence-corrected chi connectivity index (χ0v) is 22.0. The number of pyridine rings is 1. The number of carbonyl (C=O) groups is 1. The maximum absolute atomic E-state index is 13.1. The van der Waals surface area contributed by atoms with Crippen LogP contribution in [0, 0.1) is 11.8 Å². The van der Waals surface area contributed by atoms with E-state index in [-0.39, 0.29) is 12.4 Å². The van der Waals surface area contributed by atoms with E-state index >= 15 is 0 Å². The standard InChI is InChI=1S/C28H32F3N3O3S/c29-28(30,31)37-16-15-36-27-33-24-18-34(14-11-26(24)38-27)13-10-19-6-8-20(9-7-19)17-25(35)22-3-1-5-23-21(22)4-2-12-32-23/h1-5,12,19-20H,6-11,13-18H2. The predicted octanol–water partition coefficient (Wildman–Crippen LogP) is 6.43. The third kappa shape index (κ3) is 7.09. The van der Waals surface area contributed by atoms with Crippen LogP contribution in [0.25, 0.3) is 10.9 Å². The van der Waals surface area contributed by atoms with Crippen LogP contribution in [0.4, 0.5) is 13.2 Å². The van der Waals surface area contributed by atoms with Gasteiger partial charge in [-0.3, -0.25) is 19.4 Å². The van der Waals surface area contributed by atoms with Crippen LogP contribution in [0.1, 0.15) is 59.5 Å². The number of carbonyl (C=O) groups excluding carboxylic acids is 1. The zero-order valence-electron chi connectivity index (χ0n) is 21.2. The second-order valence-electron chi connectivity index (χ2n) is 10.2. The van der Waals surface area contributed by atoms with Gasteiger partial charge in [0.25, 0.3) is 5.19 Å². The fourth-order valence-electron chi connectivity index (χ4n) is 5.58. The SMILES string of the molecule is O=C(CC1CCC(CCN2CCc3sc(OCCOC(F)(F)F)nc3C2)CC1)c1cccc2ncccc12. The van der Waals surface area contributed by atoms with E-state index in [1.807, 2.05) is 30.3 Å². The molecule has 5 rings (SSSR count). The number of benzene rings is 1. The molecule has 0 radical (unpaired) electrons. The van der Waals surface area contributed by atoms with Gasteiger partial charge in [0.15, 0.2) is 5.78 Å². The molecule has 38 heavy (non-hydrogen) atoms. The Kier molecular flexibility index (Phi) is 8.60. The molecule has 0 atom stereocenters. The maximum Gasteiger partial charge on any atom is 0.522 e. The van der Waals surface area contributed by atoms with Gasteiger partial charge in [0.1, 0.15) is 6.61 Å². The number of ether oxygens (including phenoxy) is 2. The molecular formula is C28H32F3N3O3S. The first-order valence-corrected chi connectivity index (χ1v) is 14.1. The van der Waals surface area contributed by atoms with Gasteiger partial charge < -0.3 is 4.74 Å². The van der Waals surface area contributed by atoms with Crippen molar-refractivity contribution in [3.05, 3.63) is 52.7 Å². The summed E-state index contributed by atoms with van der Waals surface area (Å²) in [5.74, 6) is 1.33. The Bertz CT molecular complexity index is 1240. The highest BCUT2D eigenvalue weighted by Crippen LogP contribution is 2.35. The smallest absolute Gasteiger partial charge is 0.468 e. The van der Waals surface area contributed by atoms with Gasteiger partial charge in [-0.25, -0.2) is 4.98 Å². The van der Waals surface area contributed by atoms with Crippen molar-refractivity contribution in [2.75, 3.05) is 26.3 Å². The Morgan fingerprint density at radius 3 is 2.71 bits per heavy atom. The van der Waals surface area contributed by atoms with Gasteiger partial charge in [0.05, 0.1) is 17.8 Å². The van der Waals surface area contributed by atoms with Crippen molar-refractivity contribution in [2.45, 2.75) is 57.9 Å².